The standard InChI is InChI=1S/C11H20N4O/c1-2-3-4-5-6-11(16)10-9-15(8-7-12)14-13-10/h9H,2-8,12H2,1H3. The molecule has 0 aliphatic rings. The predicted octanol–water partition coefficient (Wildman–Crippen LogP) is 1.39. The van der Waals surface area contributed by atoms with Crippen LogP contribution in [0.5, 0.6) is 0 Å². The van der Waals surface area contributed by atoms with Crippen LogP contribution in [0.15, 0.2) is 6.20 Å². The molecule has 0 aromatic carbocycles. The predicted molar refractivity (Wildman–Crippen MR) is 62.2 cm³/mol. The van der Waals surface area contributed by atoms with Crippen LogP contribution in [0, 0.1) is 0 Å². The van der Waals surface area contributed by atoms with Crippen LogP contribution in [-0.4, -0.2) is 27.3 Å². The normalized spacial score (nSPS) is 10.6. The Morgan fingerprint density at radius 2 is 2.25 bits per heavy atom. The van der Waals surface area contributed by atoms with Crippen molar-refractivity contribution in [1.29, 1.82) is 0 Å². The zero-order valence-corrected chi connectivity index (χ0v) is 9.85. The fourth-order valence-corrected chi connectivity index (χ4v) is 1.51. The molecule has 0 aliphatic heterocycles. The molecule has 0 unspecified atom stereocenters. The van der Waals surface area contributed by atoms with Crippen molar-refractivity contribution in [2.75, 3.05) is 6.54 Å². The molecule has 0 saturated carbocycles. The van der Waals surface area contributed by atoms with Gasteiger partial charge in [0, 0.05) is 13.0 Å². The van der Waals surface area contributed by atoms with Gasteiger partial charge in [-0.2, -0.15) is 0 Å². The largest absolute Gasteiger partial charge is 0.329 e. The second-order valence-electron chi connectivity index (χ2n) is 3.89. The fourth-order valence-electron chi connectivity index (χ4n) is 1.51. The number of ketones is 1. The zero-order chi connectivity index (χ0) is 11.8. The third-order valence-corrected chi connectivity index (χ3v) is 2.44. The minimum Gasteiger partial charge on any atom is -0.329 e. The molecule has 16 heavy (non-hydrogen) atoms. The molecule has 0 radical (unpaired) electrons. The van der Waals surface area contributed by atoms with Gasteiger partial charge in [0.05, 0.1) is 12.7 Å². The maximum atomic E-state index is 11.7. The van der Waals surface area contributed by atoms with E-state index in [-0.39, 0.29) is 5.78 Å². The fraction of sp³-hybridized carbons (Fsp3) is 0.727. The molecular formula is C11H20N4O. The first kappa shape index (κ1) is 12.8. The summed E-state index contributed by atoms with van der Waals surface area (Å²) in [5.41, 5.74) is 5.85. The Kier molecular flexibility index (Phi) is 5.71. The average Bonchev–Trinajstić information content (AvgIpc) is 2.73. The van der Waals surface area contributed by atoms with Crippen LogP contribution in [0.25, 0.3) is 0 Å². The second-order valence-corrected chi connectivity index (χ2v) is 3.89. The van der Waals surface area contributed by atoms with E-state index < -0.39 is 0 Å². The monoisotopic (exact) mass is 224 g/mol. The van der Waals surface area contributed by atoms with Crippen molar-refractivity contribution < 1.29 is 4.79 Å². The molecule has 90 valence electrons. The Bertz CT molecular complexity index is 322. The first-order valence-electron chi connectivity index (χ1n) is 5.91. The number of nitrogens with zero attached hydrogens (tertiary/aromatic N) is 3. The molecule has 1 aromatic heterocycles. The summed E-state index contributed by atoms with van der Waals surface area (Å²) in [4.78, 5) is 11.7. The van der Waals surface area contributed by atoms with Crippen molar-refractivity contribution in [3.63, 3.8) is 0 Å². The number of hydrogen-bond donors (Lipinski definition) is 1. The lowest BCUT2D eigenvalue weighted by atomic mass is 10.1. The molecule has 1 rings (SSSR count). The summed E-state index contributed by atoms with van der Waals surface area (Å²) >= 11 is 0. The molecule has 0 atom stereocenters. The zero-order valence-electron chi connectivity index (χ0n) is 9.85. The molecule has 0 fully saturated rings. The van der Waals surface area contributed by atoms with Crippen molar-refractivity contribution in [3.8, 4) is 0 Å². The molecule has 0 spiro atoms. The quantitative estimate of drug-likeness (QED) is 0.535. The van der Waals surface area contributed by atoms with E-state index in [1.807, 2.05) is 0 Å². The van der Waals surface area contributed by atoms with E-state index in [9.17, 15) is 4.79 Å². The maximum Gasteiger partial charge on any atom is 0.184 e. The van der Waals surface area contributed by atoms with Gasteiger partial charge in [-0.1, -0.05) is 31.4 Å². The van der Waals surface area contributed by atoms with Crippen molar-refractivity contribution >= 4 is 5.78 Å². The Labute approximate surface area is 96.0 Å². The number of nitrogens with two attached hydrogens (primary N) is 1. The number of Topliss-reactive ketones (excluding diaryl/α,β-unsaturated/α-hetero) is 1. The van der Waals surface area contributed by atoms with E-state index in [2.05, 4.69) is 17.2 Å². The topological polar surface area (TPSA) is 73.8 Å². The van der Waals surface area contributed by atoms with Gasteiger partial charge in [0.2, 0.25) is 0 Å². The molecule has 1 heterocycles. The summed E-state index contributed by atoms with van der Waals surface area (Å²) in [6.45, 7) is 3.27. The third kappa shape index (κ3) is 4.10. The van der Waals surface area contributed by atoms with Crippen LogP contribution in [-0.2, 0) is 6.54 Å². The lowest BCUT2D eigenvalue weighted by molar-refractivity contribution is 0.0974. The molecule has 0 bridgehead atoms. The van der Waals surface area contributed by atoms with Gasteiger partial charge >= 0.3 is 0 Å². The van der Waals surface area contributed by atoms with Gasteiger partial charge in [-0.05, 0) is 6.42 Å². The van der Waals surface area contributed by atoms with Crippen molar-refractivity contribution in [2.45, 2.75) is 45.6 Å². The van der Waals surface area contributed by atoms with Crippen molar-refractivity contribution in [3.05, 3.63) is 11.9 Å². The van der Waals surface area contributed by atoms with E-state index in [4.69, 9.17) is 5.73 Å². The van der Waals surface area contributed by atoms with Gasteiger partial charge in [-0.3, -0.25) is 9.48 Å². The molecule has 5 heteroatoms. The highest BCUT2D eigenvalue weighted by Crippen LogP contribution is 2.06. The van der Waals surface area contributed by atoms with Crippen LogP contribution >= 0.6 is 0 Å². The van der Waals surface area contributed by atoms with Gasteiger partial charge in [0.1, 0.15) is 5.69 Å². The van der Waals surface area contributed by atoms with Crippen LogP contribution in [0.1, 0.15) is 49.5 Å². The second kappa shape index (κ2) is 7.11. The smallest absolute Gasteiger partial charge is 0.184 e. The van der Waals surface area contributed by atoms with Gasteiger partial charge in [0.15, 0.2) is 5.78 Å². The highest BCUT2D eigenvalue weighted by Gasteiger charge is 2.09. The van der Waals surface area contributed by atoms with Crippen LogP contribution in [0.3, 0.4) is 0 Å². The molecule has 5 nitrogen and oxygen atoms in total. The minimum absolute atomic E-state index is 0.0828. The van der Waals surface area contributed by atoms with Crippen LogP contribution < -0.4 is 5.73 Å². The Morgan fingerprint density at radius 1 is 1.44 bits per heavy atom. The van der Waals surface area contributed by atoms with Crippen LogP contribution in [0.2, 0.25) is 0 Å². The van der Waals surface area contributed by atoms with Crippen molar-refractivity contribution in [1.82, 2.24) is 15.0 Å². The van der Waals surface area contributed by atoms with Gasteiger partial charge < -0.3 is 5.73 Å². The third-order valence-electron chi connectivity index (χ3n) is 2.44. The first-order valence-corrected chi connectivity index (χ1v) is 5.91. The number of aromatic nitrogens is 3. The number of unbranched alkanes of at least 4 members (excludes halogenated alkanes) is 3. The maximum absolute atomic E-state index is 11.7. The molecule has 1 aromatic rings. The van der Waals surface area contributed by atoms with Gasteiger partial charge in [-0.15, -0.1) is 5.10 Å². The molecular weight excluding hydrogens is 204 g/mol. The van der Waals surface area contributed by atoms with Gasteiger partial charge in [0.25, 0.3) is 0 Å². The average molecular weight is 224 g/mol. The number of carbonyl (C=O) groups is 1. The Hall–Kier alpha value is -1.23. The number of carbonyl (C=O) groups excluding carboxylic acids is 1. The molecule has 0 saturated heterocycles. The van der Waals surface area contributed by atoms with Gasteiger partial charge in [-0.25, -0.2) is 0 Å². The Balaban J connectivity index is 2.34. The van der Waals surface area contributed by atoms with E-state index in [0.29, 0.717) is 25.2 Å². The van der Waals surface area contributed by atoms with E-state index >= 15 is 0 Å². The molecule has 0 amide bonds. The van der Waals surface area contributed by atoms with E-state index in [1.54, 1.807) is 10.9 Å². The highest BCUT2D eigenvalue weighted by molar-refractivity contribution is 5.93. The lowest BCUT2D eigenvalue weighted by Gasteiger charge is -1.96. The Morgan fingerprint density at radius 3 is 2.94 bits per heavy atom. The molecule has 2 N–H and O–H groups in total. The summed E-state index contributed by atoms with van der Waals surface area (Å²) in [6.07, 6.45) is 6.67. The summed E-state index contributed by atoms with van der Waals surface area (Å²) in [6, 6.07) is 0. The summed E-state index contributed by atoms with van der Waals surface area (Å²) in [5.74, 6) is 0.0828. The highest BCUT2D eigenvalue weighted by atomic mass is 16.1. The number of hydrogen-bond acceptors (Lipinski definition) is 4. The first-order chi connectivity index (χ1) is 7.77. The summed E-state index contributed by atoms with van der Waals surface area (Å²) in [7, 11) is 0. The minimum atomic E-state index is 0.0828. The summed E-state index contributed by atoms with van der Waals surface area (Å²) in [5, 5.41) is 7.68. The lowest BCUT2D eigenvalue weighted by Crippen LogP contribution is -2.10. The summed E-state index contributed by atoms with van der Waals surface area (Å²) < 4.78 is 1.61. The molecule has 0 aliphatic carbocycles. The SMILES string of the molecule is CCCCCCC(=O)c1cn(CCN)nn1. The van der Waals surface area contributed by atoms with Crippen LogP contribution in [0.4, 0.5) is 0 Å². The van der Waals surface area contributed by atoms with Crippen molar-refractivity contribution in [2.24, 2.45) is 5.73 Å². The number of rotatable bonds is 8. The van der Waals surface area contributed by atoms with E-state index in [0.717, 1.165) is 12.8 Å². The van der Waals surface area contributed by atoms with E-state index in [1.165, 1.54) is 12.8 Å².